The number of halogens is 1. The lowest BCUT2D eigenvalue weighted by atomic mass is 10.1. The lowest BCUT2D eigenvalue weighted by molar-refractivity contribution is -0.384. The third kappa shape index (κ3) is 6.16. The van der Waals surface area contributed by atoms with Gasteiger partial charge in [-0.15, -0.1) is 0 Å². The molecule has 0 bridgehead atoms. The van der Waals surface area contributed by atoms with Gasteiger partial charge in [-0.1, -0.05) is 12.1 Å². The fraction of sp³-hybridized carbons (Fsp3) is 0.227. The quantitative estimate of drug-likeness (QED) is 0.241. The van der Waals surface area contributed by atoms with Crippen molar-refractivity contribution in [1.82, 2.24) is 4.90 Å². The van der Waals surface area contributed by atoms with Crippen LogP contribution in [0, 0.1) is 15.9 Å². The van der Waals surface area contributed by atoms with E-state index in [1.54, 1.807) is 13.8 Å². The first kappa shape index (κ1) is 23.9. The van der Waals surface area contributed by atoms with Crippen molar-refractivity contribution in [3.8, 4) is 5.75 Å². The molecule has 1 fully saturated rings. The highest BCUT2D eigenvalue weighted by Gasteiger charge is 2.37. The zero-order chi connectivity index (χ0) is 24.1. The average molecular weight is 474 g/mol. The maximum Gasteiger partial charge on any atom is 0.326 e. The van der Waals surface area contributed by atoms with Crippen LogP contribution in [0.2, 0.25) is 0 Å². The molecular weight excluding hydrogens is 455 g/mol. The van der Waals surface area contributed by atoms with Crippen LogP contribution in [0.3, 0.4) is 0 Å². The summed E-state index contributed by atoms with van der Waals surface area (Å²) in [5.41, 5.74) is 0.612. The number of ether oxygens (including phenoxy) is 2. The highest BCUT2D eigenvalue weighted by atomic mass is 32.2. The average Bonchev–Trinajstić information content (AvgIpc) is 3.00. The number of hydrogen-bond acceptors (Lipinski definition) is 8. The van der Waals surface area contributed by atoms with Crippen LogP contribution in [0.1, 0.15) is 25.0 Å². The molecule has 2 aromatic rings. The molecule has 1 aliphatic heterocycles. The van der Waals surface area contributed by atoms with Gasteiger partial charge in [0.05, 0.1) is 15.9 Å². The van der Waals surface area contributed by atoms with E-state index in [-0.39, 0.29) is 28.5 Å². The molecule has 33 heavy (non-hydrogen) atoms. The number of non-ortho nitro benzene ring substituents is 1. The molecule has 9 nitrogen and oxygen atoms in total. The third-order valence-electron chi connectivity index (χ3n) is 4.33. The second-order valence-electron chi connectivity index (χ2n) is 7.20. The maximum atomic E-state index is 13.1. The van der Waals surface area contributed by atoms with Gasteiger partial charge in [0.1, 0.15) is 24.7 Å². The minimum absolute atomic E-state index is 0.0236. The van der Waals surface area contributed by atoms with Crippen molar-refractivity contribution >= 4 is 40.6 Å². The van der Waals surface area contributed by atoms with Crippen LogP contribution >= 0.6 is 11.8 Å². The molecule has 0 aromatic heterocycles. The van der Waals surface area contributed by atoms with Crippen LogP contribution in [0.15, 0.2) is 47.4 Å². The van der Waals surface area contributed by atoms with Crippen LogP contribution in [0.25, 0.3) is 6.08 Å². The Kier molecular flexibility index (Phi) is 7.44. The SMILES string of the molecule is CC(C)OC(=O)CN1C(=O)S/C(=C\c2cc([N+](=O)[O-])ccc2OCc2ccc(F)cc2)C1=O. The molecule has 0 unspecified atom stereocenters. The van der Waals surface area contributed by atoms with Crippen LogP contribution < -0.4 is 4.74 Å². The predicted octanol–water partition coefficient (Wildman–Crippen LogP) is 4.30. The number of nitro benzene ring substituents is 1. The number of carbonyl (C=O) groups is 3. The Morgan fingerprint density at radius 1 is 1.21 bits per heavy atom. The number of nitro groups is 1. The van der Waals surface area contributed by atoms with Gasteiger partial charge in [0.25, 0.3) is 16.8 Å². The molecule has 0 spiro atoms. The summed E-state index contributed by atoms with van der Waals surface area (Å²) in [7, 11) is 0. The van der Waals surface area contributed by atoms with E-state index >= 15 is 0 Å². The van der Waals surface area contributed by atoms with Gasteiger partial charge in [-0.05, 0) is 55.4 Å². The lowest BCUT2D eigenvalue weighted by Crippen LogP contribution is -2.35. The summed E-state index contributed by atoms with van der Waals surface area (Å²) in [6, 6.07) is 9.43. The molecule has 1 heterocycles. The Morgan fingerprint density at radius 2 is 1.91 bits per heavy atom. The van der Waals surface area contributed by atoms with E-state index in [0.29, 0.717) is 17.3 Å². The minimum atomic E-state index is -0.729. The molecule has 3 rings (SSSR count). The molecule has 2 aromatic carbocycles. The van der Waals surface area contributed by atoms with Gasteiger partial charge < -0.3 is 9.47 Å². The number of carbonyl (C=O) groups excluding carboxylic acids is 3. The molecule has 1 saturated heterocycles. The van der Waals surface area contributed by atoms with E-state index in [4.69, 9.17) is 9.47 Å². The van der Waals surface area contributed by atoms with Crippen molar-refractivity contribution < 1.29 is 33.2 Å². The summed E-state index contributed by atoms with van der Waals surface area (Å²) < 4.78 is 23.8. The van der Waals surface area contributed by atoms with Crippen molar-refractivity contribution in [2.24, 2.45) is 0 Å². The number of amides is 2. The van der Waals surface area contributed by atoms with E-state index in [2.05, 4.69) is 0 Å². The first-order valence-corrected chi connectivity index (χ1v) is 10.6. The first-order valence-electron chi connectivity index (χ1n) is 9.74. The Morgan fingerprint density at radius 3 is 2.55 bits per heavy atom. The molecule has 1 aliphatic rings. The Bertz CT molecular complexity index is 1130. The third-order valence-corrected chi connectivity index (χ3v) is 5.23. The molecule has 0 N–H and O–H groups in total. The first-order chi connectivity index (χ1) is 15.6. The second-order valence-corrected chi connectivity index (χ2v) is 8.19. The van der Waals surface area contributed by atoms with Crippen molar-refractivity contribution in [3.05, 3.63) is 74.4 Å². The highest BCUT2D eigenvalue weighted by molar-refractivity contribution is 8.18. The van der Waals surface area contributed by atoms with Gasteiger partial charge in [0.2, 0.25) is 0 Å². The van der Waals surface area contributed by atoms with Gasteiger partial charge in [-0.25, -0.2) is 4.39 Å². The Hall–Kier alpha value is -3.73. The Balaban J connectivity index is 1.85. The lowest BCUT2D eigenvalue weighted by Gasteiger charge is -2.13. The zero-order valence-electron chi connectivity index (χ0n) is 17.6. The highest BCUT2D eigenvalue weighted by Crippen LogP contribution is 2.35. The largest absolute Gasteiger partial charge is 0.488 e. The number of rotatable bonds is 8. The Labute approximate surface area is 192 Å². The van der Waals surface area contributed by atoms with Crippen molar-refractivity contribution in [2.45, 2.75) is 26.6 Å². The van der Waals surface area contributed by atoms with Crippen molar-refractivity contribution in [1.29, 1.82) is 0 Å². The maximum absolute atomic E-state index is 13.1. The van der Waals surface area contributed by atoms with Crippen molar-refractivity contribution in [2.75, 3.05) is 6.54 Å². The van der Waals surface area contributed by atoms with E-state index in [1.807, 2.05) is 0 Å². The number of imide groups is 1. The number of nitrogens with zero attached hydrogens (tertiary/aromatic N) is 2. The molecule has 0 atom stereocenters. The van der Waals surface area contributed by atoms with Gasteiger partial charge >= 0.3 is 5.97 Å². The fourth-order valence-electron chi connectivity index (χ4n) is 2.84. The summed E-state index contributed by atoms with van der Waals surface area (Å²) in [4.78, 5) is 48.1. The summed E-state index contributed by atoms with van der Waals surface area (Å²) in [5.74, 6) is -1.63. The van der Waals surface area contributed by atoms with E-state index in [0.717, 1.165) is 4.90 Å². The van der Waals surface area contributed by atoms with Gasteiger partial charge in [-0.3, -0.25) is 29.4 Å². The normalized spacial score (nSPS) is 14.8. The number of thioether (sulfide) groups is 1. The van der Waals surface area contributed by atoms with Crippen LogP contribution in [0.5, 0.6) is 5.75 Å². The predicted molar refractivity (Wildman–Crippen MR) is 118 cm³/mol. The van der Waals surface area contributed by atoms with Gasteiger partial charge in [0.15, 0.2) is 0 Å². The smallest absolute Gasteiger partial charge is 0.326 e. The summed E-state index contributed by atoms with van der Waals surface area (Å²) in [6.07, 6.45) is 0.893. The second kappa shape index (κ2) is 10.3. The standard InChI is InChI=1S/C22H19FN2O7S/c1-13(2)32-20(26)11-24-21(27)19(33-22(24)28)10-15-9-17(25(29)30)7-8-18(15)31-12-14-3-5-16(23)6-4-14/h3-10,13H,11-12H2,1-2H3/b19-10-. The number of hydrogen-bond donors (Lipinski definition) is 0. The van der Waals surface area contributed by atoms with Crippen LogP contribution in [-0.2, 0) is 20.9 Å². The minimum Gasteiger partial charge on any atom is -0.488 e. The van der Waals surface area contributed by atoms with E-state index in [1.165, 1.54) is 48.5 Å². The summed E-state index contributed by atoms with van der Waals surface area (Å²) in [5, 5.41) is 10.6. The molecule has 172 valence electrons. The molecule has 2 amide bonds. The number of esters is 1. The monoisotopic (exact) mass is 474 g/mol. The number of benzene rings is 2. The topological polar surface area (TPSA) is 116 Å². The molecule has 0 aliphatic carbocycles. The van der Waals surface area contributed by atoms with Crippen LogP contribution in [-0.4, -0.2) is 39.6 Å². The van der Waals surface area contributed by atoms with E-state index < -0.39 is 40.5 Å². The molecule has 0 radical (unpaired) electrons. The molecular formula is C22H19FN2O7S. The summed E-state index contributed by atoms with van der Waals surface area (Å²) >= 11 is 0.600. The van der Waals surface area contributed by atoms with Crippen LogP contribution in [0.4, 0.5) is 14.9 Å². The van der Waals surface area contributed by atoms with Crippen molar-refractivity contribution in [3.63, 3.8) is 0 Å². The van der Waals surface area contributed by atoms with Gasteiger partial charge in [0, 0.05) is 17.7 Å². The zero-order valence-corrected chi connectivity index (χ0v) is 18.5. The van der Waals surface area contributed by atoms with E-state index in [9.17, 15) is 28.9 Å². The van der Waals surface area contributed by atoms with Gasteiger partial charge in [-0.2, -0.15) is 0 Å². The molecule has 0 saturated carbocycles. The molecule has 11 heteroatoms. The summed E-state index contributed by atoms with van der Waals surface area (Å²) in [6.45, 7) is 2.78. The fourth-order valence-corrected chi connectivity index (χ4v) is 3.67.